The highest BCUT2D eigenvalue weighted by molar-refractivity contribution is 5.27. The smallest absolute Gasteiger partial charge is 0.0518 e. The van der Waals surface area contributed by atoms with E-state index in [1.165, 1.54) is 49.7 Å². The van der Waals surface area contributed by atoms with Gasteiger partial charge in [0.15, 0.2) is 0 Å². The normalized spacial score (nSPS) is 13.8. The number of hydrogen-bond acceptors (Lipinski definition) is 2. The van der Waals surface area contributed by atoms with Crippen molar-refractivity contribution in [2.24, 2.45) is 5.73 Å². The molecular weight excluding hydrogens is 304 g/mol. The summed E-state index contributed by atoms with van der Waals surface area (Å²) in [6.07, 6.45) is 7.46. The lowest BCUT2D eigenvalue weighted by atomic mass is 9.92. The number of hydrogen-bond donors (Lipinski definition) is 2. The maximum Gasteiger partial charge on any atom is 0.0518 e. The van der Waals surface area contributed by atoms with Crippen LogP contribution in [0.5, 0.6) is 0 Å². The van der Waals surface area contributed by atoms with E-state index in [4.69, 9.17) is 5.73 Å². The molecule has 0 aromatic heterocycles. The third-order valence-corrected chi connectivity index (χ3v) is 4.93. The molecule has 2 rings (SSSR count). The molecule has 0 unspecified atom stereocenters. The van der Waals surface area contributed by atoms with Gasteiger partial charge in [-0.25, -0.2) is 0 Å². The number of nitrogens with two attached hydrogens (primary N) is 1. The summed E-state index contributed by atoms with van der Waals surface area (Å²) >= 11 is 0. The van der Waals surface area contributed by atoms with Crippen molar-refractivity contribution in [2.75, 3.05) is 0 Å². The van der Waals surface area contributed by atoms with Crippen molar-refractivity contribution in [2.45, 2.75) is 70.5 Å². The van der Waals surface area contributed by atoms with E-state index in [9.17, 15) is 0 Å². The Morgan fingerprint density at radius 2 is 1.24 bits per heavy atom. The number of rotatable bonds is 11. The first-order valence-electron chi connectivity index (χ1n) is 9.87. The molecule has 0 saturated heterocycles. The van der Waals surface area contributed by atoms with Crippen molar-refractivity contribution < 1.29 is 0 Å². The molecule has 2 aromatic carbocycles. The maximum atomic E-state index is 6.71. The van der Waals surface area contributed by atoms with Crippen LogP contribution in [0.2, 0.25) is 0 Å². The van der Waals surface area contributed by atoms with Crippen LogP contribution in [-0.4, -0.2) is 6.04 Å². The minimum Gasteiger partial charge on any atom is -0.322 e. The SMILES string of the molecule is CCCCC(CCCC)N[C@H](c1ccccc1)[C@H](N)c1ccccc1. The lowest BCUT2D eigenvalue weighted by Crippen LogP contribution is -2.38. The molecule has 0 spiro atoms. The van der Waals surface area contributed by atoms with E-state index in [1.807, 2.05) is 6.07 Å². The Hall–Kier alpha value is -1.64. The molecule has 0 heterocycles. The summed E-state index contributed by atoms with van der Waals surface area (Å²) in [5.41, 5.74) is 9.18. The Labute approximate surface area is 153 Å². The van der Waals surface area contributed by atoms with Crippen LogP contribution < -0.4 is 11.1 Å². The van der Waals surface area contributed by atoms with Crippen molar-refractivity contribution in [3.8, 4) is 0 Å². The molecule has 2 heteroatoms. The Balaban J connectivity index is 2.21. The Bertz CT molecular complexity index is 559. The standard InChI is InChI=1S/C23H34N2/c1-3-5-17-21(18-6-4-2)25-23(20-15-11-8-12-16-20)22(24)19-13-9-7-10-14-19/h7-16,21-23,25H,3-6,17-18,24H2,1-2H3/t22-,23-/m1/s1. The number of benzene rings is 2. The van der Waals surface area contributed by atoms with E-state index < -0.39 is 0 Å². The van der Waals surface area contributed by atoms with Gasteiger partial charge >= 0.3 is 0 Å². The minimum atomic E-state index is -0.0469. The van der Waals surface area contributed by atoms with Crippen LogP contribution in [0.1, 0.15) is 75.6 Å². The molecule has 0 fully saturated rings. The maximum absolute atomic E-state index is 6.71. The largest absolute Gasteiger partial charge is 0.322 e. The van der Waals surface area contributed by atoms with Gasteiger partial charge in [-0.05, 0) is 24.0 Å². The average molecular weight is 339 g/mol. The second kappa shape index (κ2) is 11.1. The van der Waals surface area contributed by atoms with Gasteiger partial charge in [-0.15, -0.1) is 0 Å². The summed E-state index contributed by atoms with van der Waals surface area (Å²) in [6.45, 7) is 4.53. The molecule has 2 atom stereocenters. The van der Waals surface area contributed by atoms with Gasteiger partial charge < -0.3 is 11.1 Å². The van der Waals surface area contributed by atoms with Crippen LogP contribution in [0.4, 0.5) is 0 Å². The molecule has 2 aromatic rings. The first-order chi connectivity index (χ1) is 12.3. The minimum absolute atomic E-state index is 0.0469. The van der Waals surface area contributed by atoms with Gasteiger partial charge in [-0.3, -0.25) is 0 Å². The van der Waals surface area contributed by atoms with Crippen molar-refractivity contribution in [1.82, 2.24) is 5.32 Å². The van der Waals surface area contributed by atoms with Crippen LogP contribution in [-0.2, 0) is 0 Å². The zero-order valence-electron chi connectivity index (χ0n) is 15.8. The van der Waals surface area contributed by atoms with Crippen molar-refractivity contribution >= 4 is 0 Å². The van der Waals surface area contributed by atoms with Crippen LogP contribution in [0.3, 0.4) is 0 Å². The predicted molar refractivity (Wildman–Crippen MR) is 109 cm³/mol. The summed E-state index contributed by atoms with van der Waals surface area (Å²) in [4.78, 5) is 0. The lowest BCUT2D eigenvalue weighted by molar-refractivity contribution is 0.346. The summed E-state index contributed by atoms with van der Waals surface area (Å²) in [5.74, 6) is 0. The Kier molecular flexibility index (Phi) is 8.71. The van der Waals surface area contributed by atoms with Crippen molar-refractivity contribution in [3.63, 3.8) is 0 Å². The van der Waals surface area contributed by atoms with E-state index in [2.05, 4.69) is 73.8 Å². The fourth-order valence-corrected chi connectivity index (χ4v) is 3.40. The van der Waals surface area contributed by atoms with Gasteiger partial charge in [0, 0.05) is 12.1 Å². The fraction of sp³-hybridized carbons (Fsp3) is 0.478. The van der Waals surface area contributed by atoms with Crippen LogP contribution in [0.15, 0.2) is 60.7 Å². The molecule has 25 heavy (non-hydrogen) atoms. The van der Waals surface area contributed by atoms with Gasteiger partial charge in [0.25, 0.3) is 0 Å². The molecule has 2 nitrogen and oxygen atoms in total. The third kappa shape index (κ3) is 6.30. The zero-order valence-corrected chi connectivity index (χ0v) is 15.8. The number of nitrogens with one attached hydrogen (secondary N) is 1. The molecular formula is C23H34N2. The van der Waals surface area contributed by atoms with E-state index in [0.717, 1.165) is 0 Å². The van der Waals surface area contributed by atoms with E-state index in [1.54, 1.807) is 0 Å². The fourth-order valence-electron chi connectivity index (χ4n) is 3.40. The van der Waals surface area contributed by atoms with Gasteiger partial charge in [-0.2, -0.15) is 0 Å². The first kappa shape index (κ1) is 19.7. The van der Waals surface area contributed by atoms with Crippen LogP contribution in [0, 0.1) is 0 Å². The quantitative estimate of drug-likeness (QED) is 0.546. The summed E-state index contributed by atoms with van der Waals surface area (Å²) in [5, 5.41) is 3.91. The molecule has 136 valence electrons. The van der Waals surface area contributed by atoms with E-state index in [-0.39, 0.29) is 12.1 Å². The molecule has 0 saturated carbocycles. The highest BCUT2D eigenvalue weighted by Gasteiger charge is 2.23. The third-order valence-electron chi connectivity index (χ3n) is 4.93. The highest BCUT2D eigenvalue weighted by atomic mass is 15.0. The monoisotopic (exact) mass is 338 g/mol. The molecule has 0 radical (unpaired) electrons. The topological polar surface area (TPSA) is 38.0 Å². The molecule has 0 amide bonds. The summed E-state index contributed by atoms with van der Waals surface area (Å²) < 4.78 is 0. The van der Waals surface area contributed by atoms with Crippen molar-refractivity contribution in [3.05, 3.63) is 71.8 Å². The highest BCUT2D eigenvalue weighted by Crippen LogP contribution is 2.28. The average Bonchev–Trinajstić information content (AvgIpc) is 2.68. The van der Waals surface area contributed by atoms with Gasteiger partial charge in [0.1, 0.15) is 0 Å². The molecule has 0 aliphatic carbocycles. The second-order valence-corrected chi connectivity index (χ2v) is 6.97. The molecule has 0 aliphatic rings. The Morgan fingerprint density at radius 3 is 1.72 bits per heavy atom. The van der Waals surface area contributed by atoms with Crippen LogP contribution in [0.25, 0.3) is 0 Å². The van der Waals surface area contributed by atoms with Gasteiger partial charge in [-0.1, -0.05) is 100 Å². The zero-order chi connectivity index (χ0) is 17.9. The van der Waals surface area contributed by atoms with E-state index >= 15 is 0 Å². The van der Waals surface area contributed by atoms with E-state index in [0.29, 0.717) is 6.04 Å². The van der Waals surface area contributed by atoms with Gasteiger partial charge in [0.2, 0.25) is 0 Å². The second-order valence-electron chi connectivity index (χ2n) is 6.97. The predicted octanol–water partition coefficient (Wildman–Crippen LogP) is 5.77. The van der Waals surface area contributed by atoms with Gasteiger partial charge in [0.05, 0.1) is 6.04 Å². The number of unbranched alkanes of at least 4 members (excludes halogenated alkanes) is 2. The molecule has 0 aliphatic heterocycles. The summed E-state index contributed by atoms with van der Waals surface area (Å²) in [7, 11) is 0. The molecule has 3 N–H and O–H groups in total. The molecule has 0 bridgehead atoms. The van der Waals surface area contributed by atoms with Crippen molar-refractivity contribution in [1.29, 1.82) is 0 Å². The Morgan fingerprint density at radius 1 is 0.760 bits per heavy atom. The first-order valence-corrected chi connectivity index (χ1v) is 9.87. The summed E-state index contributed by atoms with van der Waals surface area (Å²) in [6, 6.07) is 21.7. The van der Waals surface area contributed by atoms with Crippen LogP contribution >= 0.6 is 0 Å². The lowest BCUT2D eigenvalue weighted by Gasteiger charge is -2.31.